The molecule has 0 radical (unpaired) electrons. The van der Waals surface area contributed by atoms with Gasteiger partial charge in [0.1, 0.15) is 97.7 Å². The molecule has 45 heavy (non-hydrogen) atoms. The molecule has 4 saturated heterocycles. The lowest BCUT2D eigenvalue weighted by Crippen LogP contribution is -2.63. The van der Waals surface area contributed by atoms with E-state index in [1.54, 1.807) is 0 Å². The van der Waals surface area contributed by atoms with Gasteiger partial charge in [0.2, 0.25) is 0 Å². The van der Waals surface area contributed by atoms with Crippen molar-refractivity contribution in [1.82, 2.24) is 0 Å². The molecular formula is C24H42O21. The molecule has 0 aromatic heterocycles. The Balaban J connectivity index is 1.33. The first-order chi connectivity index (χ1) is 21.2. The summed E-state index contributed by atoms with van der Waals surface area (Å²) in [5, 5.41) is 141. The fourth-order valence-corrected chi connectivity index (χ4v) is 5.23. The molecule has 1 unspecified atom stereocenters. The fourth-order valence-electron chi connectivity index (χ4n) is 5.23. The number of aliphatic hydroxyl groups excluding tert-OH is 14. The van der Waals surface area contributed by atoms with E-state index in [0.717, 1.165) is 0 Å². The van der Waals surface area contributed by atoms with Crippen molar-refractivity contribution in [1.29, 1.82) is 0 Å². The molecule has 0 bridgehead atoms. The average molecular weight is 667 g/mol. The quantitative estimate of drug-likeness (QED) is 0.103. The van der Waals surface area contributed by atoms with E-state index in [9.17, 15) is 71.5 Å². The summed E-state index contributed by atoms with van der Waals surface area (Å²) in [4.78, 5) is 0. The van der Waals surface area contributed by atoms with Gasteiger partial charge in [-0.25, -0.2) is 0 Å². The van der Waals surface area contributed by atoms with Crippen LogP contribution in [0.3, 0.4) is 0 Å². The molecule has 0 spiro atoms. The topological polar surface area (TPSA) is 348 Å². The van der Waals surface area contributed by atoms with E-state index in [-0.39, 0.29) is 0 Å². The van der Waals surface area contributed by atoms with Crippen molar-refractivity contribution < 1.29 is 105 Å². The highest BCUT2D eigenvalue weighted by molar-refractivity contribution is 4.94. The van der Waals surface area contributed by atoms with Crippen LogP contribution in [0.25, 0.3) is 0 Å². The summed E-state index contributed by atoms with van der Waals surface area (Å²) in [6.45, 7) is -2.67. The molecule has 0 aliphatic carbocycles. The Labute approximate surface area is 254 Å². The van der Waals surface area contributed by atoms with Crippen molar-refractivity contribution in [3.8, 4) is 0 Å². The second-order valence-electron chi connectivity index (χ2n) is 11.3. The van der Waals surface area contributed by atoms with Gasteiger partial charge in [-0.2, -0.15) is 0 Å². The van der Waals surface area contributed by atoms with Gasteiger partial charge in [-0.1, -0.05) is 0 Å². The Morgan fingerprint density at radius 2 is 0.622 bits per heavy atom. The molecule has 0 amide bonds. The van der Waals surface area contributed by atoms with Gasteiger partial charge in [-0.05, 0) is 0 Å². The van der Waals surface area contributed by atoms with E-state index in [4.69, 9.17) is 33.2 Å². The Morgan fingerprint density at radius 3 is 0.978 bits per heavy atom. The standard InChI is InChI=1S/C24H42O21/c25-1-5-9(26)14(31)18(35)22(43-5)40-3-7-11(28)16(33)20(37)24(45-7)41-4-8-12(29)15(32)19(36)23(44-8)39-2-6-10(27)13(30)17(34)21(38)42-6/h5-38H,1-4H2/t5-,6-,7-,8-,9+,10+,11+,12+,13+,14+,15+,16+,17-,18-,19-,20-,21?,22-,23-,24-/m1/s1. The maximum absolute atomic E-state index is 10.4. The van der Waals surface area contributed by atoms with E-state index >= 15 is 0 Å². The van der Waals surface area contributed by atoms with Crippen molar-refractivity contribution in [3.63, 3.8) is 0 Å². The third-order valence-electron chi connectivity index (χ3n) is 8.15. The molecule has 4 fully saturated rings. The number of hydrogen-bond acceptors (Lipinski definition) is 21. The van der Waals surface area contributed by atoms with E-state index in [1.807, 2.05) is 0 Å². The van der Waals surface area contributed by atoms with Gasteiger partial charge in [-0.15, -0.1) is 0 Å². The monoisotopic (exact) mass is 666 g/mol. The van der Waals surface area contributed by atoms with Gasteiger partial charge in [0, 0.05) is 0 Å². The second-order valence-corrected chi connectivity index (χ2v) is 11.3. The van der Waals surface area contributed by atoms with Gasteiger partial charge >= 0.3 is 0 Å². The van der Waals surface area contributed by atoms with E-state index in [1.165, 1.54) is 0 Å². The summed E-state index contributed by atoms with van der Waals surface area (Å²) in [6, 6.07) is 0. The molecule has 20 atom stereocenters. The van der Waals surface area contributed by atoms with Crippen LogP contribution in [0.15, 0.2) is 0 Å². The van der Waals surface area contributed by atoms with Crippen LogP contribution in [-0.4, -0.2) is 221 Å². The molecule has 0 aromatic carbocycles. The SMILES string of the molecule is OC[C@H]1O[C@@H](OC[C@H]2O[C@@H](OC[C@H]3O[C@@H](OC[C@H]4OC(O)[C@H](O)[C@@H](O)[C@H]4O)[C@H](O)[C@@H](O)[C@H]3O)[C@H](O)[C@@H](O)[C@H]2O)[C@H](O)[C@@H](O)[C@H]1O. The highest BCUT2D eigenvalue weighted by Gasteiger charge is 2.50. The fraction of sp³-hybridized carbons (Fsp3) is 1.00. The normalized spacial score (nSPS) is 52.9. The maximum Gasteiger partial charge on any atom is 0.186 e. The predicted octanol–water partition coefficient (Wildman–Crippen LogP) is -9.75. The molecule has 4 aliphatic heterocycles. The number of ether oxygens (including phenoxy) is 7. The summed E-state index contributed by atoms with van der Waals surface area (Å²) in [5.74, 6) is 0. The zero-order chi connectivity index (χ0) is 33.3. The van der Waals surface area contributed by atoms with Crippen molar-refractivity contribution in [2.45, 2.75) is 123 Å². The Hall–Kier alpha value is -0.840. The zero-order valence-corrected chi connectivity index (χ0v) is 23.5. The number of hydrogen-bond donors (Lipinski definition) is 14. The minimum atomic E-state index is -1.88. The van der Waals surface area contributed by atoms with E-state index in [2.05, 4.69) is 0 Å². The Morgan fingerprint density at radius 1 is 0.333 bits per heavy atom. The van der Waals surface area contributed by atoms with Crippen molar-refractivity contribution in [2.24, 2.45) is 0 Å². The lowest BCUT2D eigenvalue weighted by molar-refractivity contribution is -0.346. The first-order valence-electron chi connectivity index (χ1n) is 14.1. The minimum absolute atomic E-state index is 0.633. The number of rotatable bonds is 10. The zero-order valence-electron chi connectivity index (χ0n) is 23.5. The average Bonchev–Trinajstić information content (AvgIpc) is 3.02. The third-order valence-corrected chi connectivity index (χ3v) is 8.15. The Bertz CT molecular complexity index is 916. The van der Waals surface area contributed by atoms with Crippen LogP contribution >= 0.6 is 0 Å². The van der Waals surface area contributed by atoms with Crippen molar-refractivity contribution >= 4 is 0 Å². The van der Waals surface area contributed by atoms with Crippen LogP contribution in [0.4, 0.5) is 0 Å². The molecule has 264 valence electrons. The highest BCUT2D eigenvalue weighted by Crippen LogP contribution is 2.29. The molecular weight excluding hydrogens is 624 g/mol. The molecule has 0 aromatic rings. The number of aliphatic hydroxyl groups is 14. The second kappa shape index (κ2) is 15.6. The minimum Gasteiger partial charge on any atom is -0.394 e. The third kappa shape index (κ3) is 7.91. The molecule has 21 heteroatoms. The van der Waals surface area contributed by atoms with Gasteiger partial charge in [0.05, 0.1) is 26.4 Å². The first kappa shape index (κ1) is 37.0. The van der Waals surface area contributed by atoms with Gasteiger partial charge < -0.3 is 105 Å². The van der Waals surface area contributed by atoms with Crippen molar-refractivity contribution in [3.05, 3.63) is 0 Å². The van der Waals surface area contributed by atoms with Crippen molar-refractivity contribution in [2.75, 3.05) is 26.4 Å². The molecule has 4 aliphatic rings. The van der Waals surface area contributed by atoms with Crippen LogP contribution < -0.4 is 0 Å². The molecule has 4 heterocycles. The lowest BCUT2D eigenvalue weighted by Gasteiger charge is -2.44. The summed E-state index contributed by atoms with van der Waals surface area (Å²) in [5.41, 5.74) is 0. The van der Waals surface area contributed by atoms with E-state index in [0.29, 0.717) is 0 Å². The smallest absolute Gasteiger partial charge is 0.186 e. The molecule has 14 N–H and O–H groups in total. The summed E-state index contributed by atoms with van der Waals surface area (Å²) < 4.78 is 37.2. The molecule has 21 nitrogen and oxygen atoms in total. The summed E-state index contributed by atoms with van der Waals surface area (Å²) in [6.07, 6.45) is -34.1. The van der Waals surface area contributed by atoms with Crippen LogP contribution in [0, 0.1) is 0 Å². The molecule has 0 saturated carbocycles. The van der Waals surface area contributed by atoms with Crippen LogP contribution in [-0.2, 0) is 33.2 Å². The van der Waals surface area contributed by atoms with Gasteiger partial charge in [0.15, 0.2) is 25.2 Å². The predicted molar refractivity (Wildman–Crippen MR) is 134 cm³/mol. The Kier molecular flexibility index (Phi) is 12.8. The molecule has 4 rings (SSSR count). The summed E-state index contributed by atoms with van der Waals surface area (Å²) in [7, 11) is 0. The highest BCUT2D eigenvalue weighted by atomic mass is 16.7. The largest absolute Gasteiger partial charge is 0.394 e. The van der Waals surface area contributed by atoms with Crippen LogP contribution in [0.2, 0.25) is 0 Å². The lowest BCUT2D eigenvalue weighted by atomic mass is 9.98. The van der Waals surface area contributed by atoms with Gasteiger partial charge in [0.25, 0.3) is 0 Å². The van der Waals surface area contributed by atoms with E-state index < -0.39 is 149 Å². The first-order valence-corrected chi connectivity index (χ1v) is 14.1. The summed E-state index contributed by atoms with van der Waals surface area (Å²) >= 11 is 0. The maximum atomic E-state index is 10.4. The van der Waals surface area contributed by atoms with Gasteiger partial charge in [-0.3, -0.25) is 0 Å². The van der Waals surface area contributed by atoms with Crippen LogP contribution in [0.5, 0.6) is 0 Å². The van der Waals surface area contributed by atoms with Crippen LogP contribution in [0.1, 0.15) is 0 Å².